The minimum atomic E-state index is 0.400. The van der Waals surface area contributed by atoms with Crippen LogP contribution in [0.25, 0.3) is 0 Å². The Morgan fingerprint density at radius 1 is 1.14 bits per heavy atom. The molecule has 1 fully saturated rings. The Morgan fingerprint density at radius 3 is 2.38 bits per heavy atom. The van der Waals surface area contributed by atoms with Crippen LogP contribution in [0.5, 0.6) is 0 Å². The lowest BCUT2D eigenvalue weighted by atomic mass is 9.92. The van der Waals surface area contributed by atoms with Crippen molar-refractivity contribution >= 4 is 5.91 Å². The first kappa shape index (κ1) is 18.5. The molecule has 0 saturated carbocycles. The zero-order chi connectivity index (χ0) is 15.7. The third kappa shape index (κ3) is 6.82. The van der Waals surface area contributed by atoms with Crippen molar-refractivity contribution in [2.24, 2.45) is 5.92 Å². The lowest BCUT2D eigenvalue weighted by Crippen LogP contribution is -2.35. The summed E-state index contributed by atoms with van der Waals surface area (Å²) in [6.45, 7) is 6.38. The summed E-state index contributed by atoms with van der Waals surface area (Å²) >= 11 is 0. The highest BCUT2D eigenvalue weighted by molar-refractivity contribution is 5.76. The third-order valence-corrected chi connectivity index (χ3v) is 4.89. The SMILES string of the molecule is CCCCCC(CCCC)CC(=O)N1CCC(N(C)C)C1. The lowest BCUT2D eigenvalue weighted by Gasteiger charge is -2.23. The molecule has 2 unspecified atom stereocenters. The maximum Gasteiger partial charge on any atom is 0.222 e. The van der Waals surface area contributed by atoms with E-state index in [1.807, 2.05) is 0 Å². The van der Waals surface area contributed by atoms with Gasteiger partial charge in [-0.15, -0.1) is 0 Å². The van der Waals surface area contributed by atoms with Crippen LogP contribution in [0.15, 0.2) is 0 Å². The molecule has 3 heteroatoms. The van der Waals surface area contributed by atoms with Gasteiger partial charge in [-0.2, -0.15) is 0 Å². The molecule has 0 bridgehead atoms. The van der Waals surface area contributed by atoms with Gasteiger partial charge < -0.3 is 9.80 Å². The average molecular weight is 296 g/mol. The molecule has 1 heterocycles. The number of likely N-dealkylation sites (tertiary alicyclic amines) is 1. The molecule has 2 atom stereocenters. The van der Waals surface area contributed by atoms with E-state index in [-0.39, 0.29) is 0 Å². The molecule has 124 valence electrons. The van der Waals surface area contributed by atoms with Crippen LogP contribution in [0.4, 0.5) is 0 Å². The summed E-state index contributed by atoms with van der Waals surface area (Å²) in [6, 6.07) is 0.558. The lowest BCUT2D eigenvalue weighted by molar-refractivity contribution is -0.131. The smallest absolute Gasteiger partial charge is 0.222 e. The highest BCUT2D eigenvalue weighted by Gasteiger charge is 2.28. The molecule has 1 rings (SSSR count). The van der Waals surface area contributed by atoms with Crippen LogP contribution in [0.1, 0.15) is 71.6 Å². The van der Waals surface area contributed by atoms with Gasteiger partial charge in [-0.3, -0.25) is 4.79 Å². The van der Waals surface area contributed by atoms with E-state index in [0.717, 1.165) is 25.9 Å². The molecule has 0 radical (unpaired) electrons. The molecule has 0 aliphatic carbocycles. The summed E-state index contributed by atoms with van der Waals surface area (Å²) in [5.41, 5.74) is 0. The van der Waals surface area contributed by atoms with Crippen molar-refractivity contribution in [1.82, 2.24) is 9.80 Å². The second kappa shape index (κ2) is 10.2. The van der Waals surface area contributed by atoms with E-state index < -0.39 is 0 Å². The van der Waals surface area contributed by atoms with Gasteiger partial charge in [0.1, 0.15) is 0 Å². The number of unbranched alkanes of at least 4 members (excludes halogenated alkanes) is 3. The number of rotatable bonds is 10. The van der Waals surface area contributed by atoms with E-state index in [1.165, 1.54) is 44.9 Å². The van der Waals surface area contributed by atoms with Gasteiger partial charge in [0.2, 0.25) is 5.91 Å². The van der Waals surface area contributed by atoms with Crippen molar-refractivity contribution < 1.29 is 4.79 Å². The first-order chi connectivity index (χ1) is 10.1. The minimum Gasteiger partial charge on any atom is -0.341 e. The zero-order valence-electron chi connectivity index (χ0n) is 14.7. The third-order valence-electron chi connectivity index (χ3n) is 4.89. The summed E-state index contributed by atoms with van der Waals surface area (Å²) < 4.78 is 0. The first-order valence-electron chi connectivity index (χ1n) is 9.02. The quantitative estimate of drug-likeness (QED) is 0.570. The highest BCUT2D eigenvalue weighted by atomic mass is 16.2. The Kier molecular flexibility index (Phi) is 8.98. The maximum absolute atomic E-state index is 12.5. The highest BCUT2D eigenvalue weighted by Crippen LogP contribution is 2.23. The Bertz CT molecular complexity index is 291. The average Bonchev–Trinajstić information content (AvgIpc) is 2.94. The monoisotopic (exact) mass is 296 g/mol. The fourth-order valence-corrected chi connectivity index (χ4v) is 3.29. The van der Waals surface area contributed by atoms with Crippen molar-refractivity contribution in [2.45, 2.75) is 77.7 Å². The molecule has 1 amide bonds. The van der Waals surface area contributed by atoms with Crippen LogP contribution >= 0.6 is 0 Å². The number of carbonyl (C=O) groups is 1. The Labute approximate surface area is 132 Å². The number of nitrogens with zero attached hydrogens (tertiary/aromatic N) is 2. The number of amides is 1. The first-order valence-corrected chi connectivity index (χ1v) is 9.02. The predicted octanol–water partition coefficient (Wildman–Crippen LogP) is 3.93. The van der Waals surface area contributed by atoms with Gasteiger partial charge in [-0.25, -0.2) is 0 Å². The fraction of sp³-hybridized carbons (Fsp3) is 0.944. The summed E-state index contributed by atoms with van der Waals surface area (Å²) in [6.07, 6.45) is 10.8. The molecule has 1 aliphatic rings. The van der Waals surface area contributed by atoms with Crippen LogP contribution in [0.2, 0.25) is 0 Å². The van der Waals surface area contributed by atoms with Crippen molar-refractivity contribution in [2.75, 3.05) is 27.2 Å². The molecule has 0 N–H and O–H groups in total. The molecular weight excluding hydrogens is 260 g/mol. The van der Waals surface area contributed by atoms with Crippen LogP contribution in [-0.4, -0.2) is 48.9 Å². The van der Waals surface area contributed by atoms with Gasteiger partial charge in [0.05, 0.1) is 0 Å². The van der Waals surface area contributed by atoms with E-state index in [4.69, 9.17) is 0 Å². The van der Waals surface area contributed by atoms with Crippen LogP contribution < -0.4 is 0 Å². The van der Waals surface area contributed by atoms with Gasteiger partial charge in [0, 0.05) is 25.6 Å². The summed E-state index contributed by atoms with van der Waals surface area (Å²) in [5, 5.41) is 0. The second-order valence-electron chi connectivity index (χ2n) is 6.95. The topological polar surface area (TPSA) is 23.6 Å². The molecule has 0 aromatic heterocycles. The Morgan fingerprint density at radius 2 is 1.81 bits per heavy atom. The number of hydrogen-bond acceptors (Lipinski definition) is 2. The molecule has 3 nitrogen and oxygen atoms in total. The summed E-state index contributed by atoms with van der Waals surface area (Å²) in [4.78, 5) is 16.9. The van der Waals surface area contributed by atoms with Gasteiger partial charge >= 0.3 is 0 Å². The van der Waals surface area contributed by atoms with Gasteiger partial charge in [-0.1, -0.05) is 46.0 Å². The molecule has 21 heavy (non-hydrogen) atoms. The number of likely N-dealkylation sites (N-methyl/N-ethyl adjacent to an activating group) is 1. The molecule has 1 aliphatic heterocycles. The van der Waals surface area contributed by atoms with E-state index in [2.05, 4.69) is 37.7 Å². The van der Waals surface area contributed by atoms with E-state index in [9.17, 15) is 4.79 Å². The van der Waals surface area contributed by atoms with Crippen molar-refractivity contribution in [3.05, 3.63) is 0 Å². The predicted molar refractivity (Wildman–Crippen MR) is 90.4 cm³/mol. The van der Waals surface area contributed by atoms with E-state index >= 15 is 0 Å². The molecule has 1 saturated heterocycles. The largest absolute Gasteiger partial charge is 0.341 e. The van der Waals surface area contributed by atoms with Gasteiger partial charge in [0.25, 0.3) is 0 Å². The zero-order valence-corrected chi connectivity index (χ0v) is 14.7. The molecular formula is C18H36N2O. The number of carbonyl (C=O) groups excluding carboxylic acids is 1. The fourth-order valence-electron chi connectivity index (χ4n) is 3.29. The minimum absolute atomic E-state index is 0.400. The van der Waals surface area contributed by atoms with E-state index in [1.54, 1.807) is 0 Å². The van der Waals surface area contributed by atoms with Gasteiger partial charge in [0.15, 0.2) is 0 Å². The van der Waals surface area contributed by atoms with Gasteiger partial charge in [-0.05, 0) is 39.3 Å². The van der Waals surface area contributed by atoms with E-state index in [0.29, 0.717) is 17.9 Å². The summed E-state index contributed by atoms with van der Waals surface area (Å²) in [5.74, 6) is 1.01. The van der Waals surface area contributed by atoms with Crippen LogP contribution in [0.3, 0.4) is 0 Å². The maximum atomic E-state index is 12.5. The van der Waals surface area contributed by atoms with Crippen molar-refractivity contribution in [3.63, 3.8) is 0 Å². The van der Waals surface area contributed by atoms with Crippen molar-refractivity contribution in [3.8, 4) is 0 Å². The Balaban J connectivity index is 2.39. The second-order valence-corrected chi connectivity index (χ2v) is 6.95. The van der Waals surface area contributed by atoms with Crippen molar-refractivity contribution in [1.29, 1.82) is 0 Å². The normalized spacial score (nSPS) is 20.2. The summed E-state index contributed by atoms with van der Waals surface area (Å²) in [7, 11) is 4.24. The number of hydrogen-bond donors (Lipinski definition) is 0. The standard InChI is InChI=1S/C18H36N2O/c1-5-7-9-11-16(10-8-6-2)14-18(21)20-13-12-17(15-20)19(3)4/h16-17H,5-15H2,1-4H3. The molecule has 0 spiro atoms. The Hall–Kier alpha value is -0.570. The van der Waals surface area contributed by atoms with Crippen LogP contribution in [-0.2, 0) is 4.79 Å². The molecule has 0 aromatic rings. The molecule has 0 aromatic carbocycles. The van der Waals surface area contributed by atoms with Crippen LogP contribution in [0, 0.1) is 5.92 Å².